The van der Waals surface area contributed by atoms with E-state index in [4.69, 9.17) is 16.3 Å². The largest absolute Gasteiger partial charge is 0.493 e. The van der Waals surface area contributed by atoms with Crippen LogP contribution in [0.1, 0.15) is 50.0 Å². The van der Waals surface area contributed by atoms with Crippen LogP contribution in [0.5, 0.6) is 5.75 Å². The molecule has 1 saturated carbocycles. The molecule has 1 aliphatic carbocycles. The Balaban J connectivity index is 2.05. The molecule has 0 unspecified atom stereocenters. The van der Waals surface area contributed by atoms with Crippen molar-refractivity contribution in [3.63, 3.8) is 0 Å². The topological polar surface area (TPSA) is 35.5 Å². The van der Waals surface area contributed by atoms with Crippen molar-refractivity contribution in [2.24, 2.45) is 0 Å². The maximum Gasteiger partial charge on any atom is 0.308 e. The Bertz CT molecular complexity index is 453. The molecular formula is C16H21ClO3. The Morgan fingerprint density at radius 2 is 2.05 bits per heavy atom. The minimum absolute atomic E-state index is 0.252. The van der Waals surface area contributed by atoms with E-state index in [0.29, 0.717) is 12.5 Å². The highest BCUT2D eigenvalue weighted by Crippen LogP contribution is 2.38. The van der Waals surface area contributed by atoms with Crippen LogP contribution in [0, 0.1) is 0 Å². The lowest BCUT2D eigenvalue weighted by molar-refractivity contribution is -0.141. The van der Waals surface area contributed by atoms with E-state index in [9.17, 15) is 4.79 Å². The first-order valence-electron chi connectivity index (χ1n) is 7.20. The van der Waals surface area contributed by atoms with Gasteiger partial charge in [0.15, 0.2) is 0 Å². The zero-order chi connectivity index (χ0) is 14.4. The molecule has 0 radical (unpaired) electrons. The number of carbonyl (C=O) groups excluding carboxylic acids is 1. The summed E-state index contributed by atoms with van der Waals surface area (Å²) in [4.78, 5) is 11.1. The Morgan fingerprint density at radius 1 is 1.30 bits per heavy atom. The van der Waals surface area contributed by atoms with E-state index in [0.717, 1.165) is 10.8 Å². The molecule has 0 bridgehead atoms. The molecule has 110 valence electrons. The van der Waals surface area contributed by atoms with Crippen molar-refractivity contribution in [1.82, 2.24) is 0 Å². The summed E-state index contributed by atoms with van der Waals surface area (Å²) in [7, 11) is 1.39. The Morgan fingerprint density at radius 3 is 2.75 bits per heavy atom. The van der Waals surface area contributed by atoms with Gasteiger partial charge in [-0.3, -0.25) is 4.79 Å². The van der Waals surface area contributed by atoms with Crippen molar-refractivity contribution in [1.29, 1.82) is 0 Å². The standard InChI is InChI=1S/C16H21ClO3/c1-19-16(18)9-10-20-15-8-7-13(17)11-14(15)12-5-3-2-4-6-12/h7-8,11-12H,2-6,9-10H2,1H3. The van der Waals surface area contributed by atoms with Gasteiger partial charge in [-0.15, -0.1) is 0 Å². The number of halogens is 1. The lowest BCUT2D eigenvalue weighted by Crippen LogP contribution is -2.10. The normalized spacial score (nSPS) is 15.9. The van der Waals surface area contributed by atoms with Crippen LogP contribution in [0.15, 0.2) is 18.2 Å². The molecule has 20 heavy (non-hydrogen) atoms. The van der Waals surface area contributed by atoms with E-state index in [2.05, 4.69) is 4.74 Å². The van der Waals surface area contributed by atoms with Gasteiger partial charge in [-0.05, 0) is 42.5 Å². The van der Waals surface area contributed by atoms with Crippen molar-refractivity contribution >= 4 is 17.6 Å². The van der Waals surface area contributed by atoms with E-state index < -0.39 is 0 Å². The van der Waals surface area contributed by atoms with Crippen LogP contribution in [0.2, 0.25) is 5.02 Å². The molecule has 0 spiro atoms. The predicted molar refractivity (Wildman–Crippen MR) is 79.4 cm³/mol. The van der Waals surface area contributed by atoms with Gasteiger partial charge in [0.25, 0.3) is 0 Å². The molecule has 0 aliphatic heterocycles. The maximum absolute atomic E-state index is 11.1. The summed E-state index contributed by atoms with van der Waals surface area (Å²) in [5, 5.41) is 0.742. The van der Waals surface area contributed by atoms with Crippen molar-refractivity contribution in [2.75, 3.05) is 13.7 Å². The number of hydrogen-bond acceptors (Lipinski definition) is 3. The average Bonchev–Trinajstić information content (AvgIpc) is 2.49. The van der Waals surface area contributed by atoms with Crippen LogP contribution in [0.4, 0.5) is 0 Å². The van der Waals surface area contributed by atoms with E-state index in [1.54, 1.807) is 0 Å². The second kappa shape index (κ2) is 7.53. The van der Waals surface area contributed by atoms with Gasteiger partial charge in [0, 0.05) is 5.02 Å². The van der Waals surface area contributed by atoms with Crippen LogP contribution in [0.3, 0.4) is 0 Å². The lowest BCUT2D eigenvalue weighted by atomic mass is 9.84. The molecule has 0 amide bonds. The molecule has 3 nitrogen and oxygen atoms in total. The number of benzene rings is 1. The third-order valence-electron chi connectivity index (χ3n) is 3.81. The minimum atomic E-state index is -0.252. The minimum Gasteiger partial charge on any atom is -0.493 e. The van der Waals surface area contributed by atoms with Crippen molar-refractivity contribution in [2.45, 2.75) is 44.4 Å². The highest BCUT2D eigenvalue weighted by Gasteiger charge is 2.19. The maximum atomic E-state index is 11.1. The summed E-state index contributed by atoms with van der Waals surface area (Å²) in [6.07, 6.45) is 6.48. The van der Waals surface area contributed by atoms with E-state index in [-0.39, 0.29) is 12.4 Å². The summed E-state index contributed by atoms with van der Waals surface area (Å²) >= 11 is 6.11. The second-order valence-corrected chi connectivity index (χ2v) is 5.63. The monoisotopic (exact) mass is 296 g/mol. The summed E-state index contributed by atoms with van der Waals surface area (Å²) in [5.41, 5.74) is 1.18. The molecule has 0 saturated heterocycles. The number of ether oxygens (including phenoxy) is 2. The molecule has 1 fully saturated rings. The summed E-state index contributed by atoms with van der Waals surface area (Å²) in [5.74, 6) is 1.12. The van der Waals surface area contributed by atoms with Crippen LogP contribution in [0.25, 0.3) is 0 Å². The fraction of sp³-hybridized carbons (Fsp3) is 0.562. The number of rotatable bonds is 5. The molecular weight excluding hydrogens is 276 g/mol. The van der Waals surface area contributed by atoms with Crippen LogP contribution in [-0.4, -0.2) is 19.7 Å². The van der Waals surface area contributed by atoms with Gasteiger partial charge in [-0.1, -0.05) is 30.9 Å². The van der Waals surface area contributed by atoms with Gasteiger partial charge in [-0.25, -0.2) is 0 Å². The third kappa shape index (κ3) is 4.14. The van der Waals surface area contributed by atoms with Gasteiger partial charge in [0.1, 0.15) is 5.75 Å². The summed E-state index contributed by atoms with van der Waals surface area (Å²) in [6, 6.07) is 5.75. The van der Waals surface area contributed by atoms with Crippen molar-refractivity contribution < 1.29 is 14.3 Å². The summed E-state index contributed by atoms with van der Waals surface area (Å²) in [6.45, 7) is 0.341. The van der Waals surface area contributed by atoms with Gasteiger partial charge in [0.05, 0.1) is 20.1 Å². The Kier molecular flexibility index (Phi) is 5.72. The van der Waals surface area contributed by atoms with E-state index in [1.807, 2.05) is 18.2 Å². The number of methoxy groups -OCH3 is 1. The summed E-state index contributed by atoms with van der Waals surface area (Å²) < 4.78 is 10.4. The van der Waals surface area contributed by atoms with Crippen molar-refractivity contribution in [3.8, 4) is 5.75 Å². The van der Waals surface area contributed by atoms with Crippen LogP contribution in [-0.2, 0) is 9.53 Å². The van der Waals surface area contributed by atoms with Gasteiger partial charge < -0.3 is 9.47 Å². The third-order valence-corrected chi connectivity index (χ3v) is 4.04. The molecule has 0 atom stereocenters. The molecule has 4 heteroatoms. The zero-order valence-electron chi connectivity index (χ0n) is 11.9. The number of esters is 1. The predicted octanol–water partition coefficient (Wildman–Crippen LogP) is 4.33. The molecule has 1 aliphatic rings. The molecule has 1 aromatic carbocycles. The first-order chi connectivity index (χ1) is 9.70. The van der Waals surface area contributed by atoms with Gasteiger partial charge in [-0.2, -0.15) is 0 Å². The molecule has 0 heterocycles. The number of hydrogen-bond donors (Lipinski definition) is 0. The zero-order valence-corrected chi connectivity index (χ0v) is 12.6. The fourth-order valence-electron chi connectivity index (χ4n) is 2.73. The highest BCUT2D eigenvalue weighted by molar-refractivity contribution is 6.30. The van der Waals surface area contributed by atoms with E-state index in [1.165, 1.54) is 44.8 Å². The highest BCUT2D eigenvalue weighted by atomic mass is 35.5. The quantitative estimate of drug-likeness (QED) is 0.759. The van der Waals surface area contributed by atoms with E-state index >= 15 is 0 Å². The number of carbonyl (C=O) groups is 1. The van der Waals surface area contributed by atoms with Gasteiger partial charge >= 0.3 is 5.97 Å². The Labute approximate surface area is 125 Å². The molecule has 0 N–H and O–H groups in total. The molecule has 1 aromatic rings. The van der Waals surface area contributed by atoms with Crippen LogP contribution < -0.4 is 4.74 Å². The second-order valence-electron chi connectivity index (χ2n) is 5.19. The Hall–Kier alpha value is -1.22. The first-order valence-corrected chi connectivity index (χ1v) is 7.57. The smallest absolute Gasteiger partial charge is 0.308 e. The lowest BCUT2D eigenvalue weighted by Gasteiger charge is -2.24. The van der Waals surface area contributed by atoms with Gasteiger partial charge in [0.2, 0.25) is 0 Å². The first kappa shape index (κ1) is 15.2. The van der Waals surface area contributed by atoms with Crippen molar-refractivity contribution in [3.05, 3.63) is 28.8 Å². The SMILES string of the molecule is COC(=O)CCOc1ccc(Cl)cc1C1CCCCC1. The fourth-order valence-corrected chi connectivity index (χ4v) is 2.91. The molecule has 0 aromatic heterocycles. The molecule has 2 rings (SSSR count). The average molecular weight is 297 g/mol. The van der Waals surface area contributed by atoms with Crippen LogP contribution >= 0.6 is 11.6 Å².